The summed E-state index contributed by atoms with van der Waals surface area (Å²) in [5.74, 6) is 0. The Bertz CT molecular complexity index is 347. The number of hydrogen-bond donors (Lipinski definition) is 0. The van der Waals surface area contributed by atoms with Crippen molar-refractivity contribution in [2.24, 2.45) is 0 Å². The summed E-state index contributed by atoms with van der Waals surface area (Å²) in [6.45, 7) is 16.7. The Kier molecular flexibility index (Phi) is 3.89. The van der Waals surface area contributed by atoms with Gasteiger partial charge in [0.15, 0.2) is 0 Å². The first-order chi connectivity index (χ1) is 8.49. The third-order valence-corrected chi connectivity index (χ3v) is 109. The topological polar surface area (TPSA) is 0 Å². The van der Waals surface area contributed by atoms with Gasteiger partial charge in [-0.1, -0.05) is 22.8 Å². The van der Waals surface area contributed by atoms with E-state index in [0.717, 1.165) is 0 Å². The van der Waals surface area contributed by atoms with Gasteiger partial charge in [-0.2, -0.15) is 64.0 Å². The lowest BCUT2D eigenvalue weighted by Gasteiger charge is -2.61. The fourth-order valence-corrected chi connectivity index (χ4v) is 226. The highest BCUT2D eigenvalue weighted by atomic mass is 33.2. The Morgan fingerprint density at radius 3 is 0.722 bits per heavy atom. The molecule has 4 aliphatic heterocycles. The van der Waals surface area contributed by atoms with E-state index in [1.165, 1.54) is 0 Å². The van der Waals surface area contributed by atoms with Crippen molar-refractivity contribution < 1.29 is 0 Å². The average molecular weight is 413 g/mol. The Morgan fingerprint density at radius 2 is 0.611 bits per heavy atom. The summed E-state index contributed by atoms with van der Waals surface area (Å²) in [6, 6.07) is 0. The largest absolute Gasteiger partial charge is 0.251 e. The van der Waals surface area contributed by atoms with Crippen molar-refractivity contribution in [1.82, 2.24) is 0 Å². The van der Waals surface area contributed by atoms with Crippen LogP contribution < -0.4 is 0 Å². The second kappa shape index (κ2) is 4.71. The quantitative estimate of drug-likeness (QED) is 0.586. The molecule has 0 nitrogen and oxygen atoms in total. The molecule has 4 heterocycles. The molecule has 0 saturated carbocycles. The third-order valence-electron chi connectivity index (χ3n) is 2.71. The molecule has 0 spiro atoms. The van der Waals surface area contributed by atoms with Crippen molar-refractivity contribution >= 4 is 86.1 Å². The first kappa shape index (κ1) is 14.8. The molecule has 0 unspecified atom stereocenters. The molecular weight excluding hydrogens is 401 g/mol. The minimum absolute atomic E-state index is 1.48. The van der Waals surface area contributed by atoms with Crippen molar-refractivity contribution in [3.05, 3.63) is 49.1 Å². The van der Waals surface area contributed by atoms with Gasteiger partial charge < -0.3 is 0 Å². The molecule has 0 amide bonds. The van der Waals surface area contributed by atoms with Gasteiger partial charge in [-0.3, -0.25) is 0 Å². The lowest BCUT2D eigenvalue weighted by atomic mass is 11.3. The van der Waals surface area contributed by atoms with Gasteiger partial charge in [-0.15, -0.1) is 26.3 Å². The lowest BCUT2D eigenvalue weighted by Crippen LogP contribution is -2.61. The van der Waals surface area contributed by atoms with Crippen LogP contribution in [0, 0.1) is 0 Å². The Hall–Kier alpha value is 1.93. The van der Waals surface area contributed by atoms with E-state index in [0.29, 0.717) is 0 Å². The molecule has 96 valence electrons. The van der Waals surface area contributed by atoms with E-state index in [9.17, 15) is 0 Å². The van der Waals surface area contributed by atoms with Crippen molar-refractivity contribution in [3.8, 4) is 0 Å². The summed E-state index contributed by atoms with van der Waals surface area (Å²) < 4.78 is 0. The summed E-state index contributed by atoms with van der Waals surface area (Å²) in [4.78, 5) is 0. The highest BCUT2D eigenvalue weighted by Crippen LogP contribution is 2.82. The van der Waals surface area contributed by atoms with Crippen molar-refractivity contribution in [1.29, 1.82) is 0 Å². The summed E-state index contributed by atoms with van der Waals surface area (Å²) in [5, 5.41) is 0. The molecule has 4 saturated heterocycles. The van der Waals surface area contributed by atoms with Crippen molar-refractivity contribution in [3.63, 3.8) is 0 Å². The predicted molar refractivity (Wildman–Crippen MR) is 109 cm³/mol. The van der Waals surface area contributed by atoms with Gasteiger partial charge in [0, 0.05) is 0 Å². The second-order valence-electron chi connectivity index (χ2n) is 3.84. The average Bonchev–Trinajstić information content (AvgIpc) is 2.37. The zero-order chi connectivity index (χ0) is 13.1. The van der Waals surface area contributed by atoms with E-state index >= 15 is 0 Å². The zero-order valence-electron chi connectivity index (χ0n) is 9.59. The molecule has 0 aromatic heterocycles. The molecule has 4 bridgehead atoms. The highest BCUT2D eigenvalue weighted by Gasteiger charge is 2.73. The van der Waals surface area contributed by atoms with Gasteiger partial charge >= 0.3 is 0 Å². The Morgan fingerprint density at radius 1 is 0.444 bits per heavy atom. The number of hydrogen-bond acceptors (Lipinski definition) is 6. The van der Waals surface area contributed by atoms with Crippen LogP contribution in [0.4, 0.5) is 0 Å². The Balaban J connectivity index is 2.17. The van der Waals surface area contributed by atoms with E-state index in [4.69, 9.17) is 0 Å². The smallest absolute Gasteiger partial charge is 0.156 e. The third kappa shape index (κ3) is 2.06. The molecule has 4 fully saturated rings. The van der Waals surface area contributed by atoms with Crippen LogP contribution in [0.15, 0.2) is 49.1 Å². The van der Waals surface area contributed by atoms with Gasteiger partial charge in [0.05, 0.1) is 0 Å². The molecule has 4 rings (SSSR count). The molecule has 0 radical (unpaired) electrons. The summed E-state index contributed by atoms with van der Waals surface area (Å²) in [5.41, 5.74) is 3.34. The van der Waals surface area contributed by atoms with Gasteiger partial charge in [-0.05, 0) is 0 Å². The monoisotopic (exact) mass is 412 g/mol. The molecule has 4 aliphatic rings. The van der Waals surface area contributed by atoms with E-state index in [1.807, 2.05) is 0 Å². The molecular formula is C8H12S6Si4. The van der Waals surface area contributed by atoms with Crippen LogP contribution in [0.25, 0.3) is 0 Å². The lowest BCUT2D eigenvalue weighted by molar-refractivity contribution is 2.52. The maximum absolute atomic E-state index is 4.18. The second-order valence-corrected chi connectivity index (χ2v) is 58.7. The van der Waals surface area contributed by atoms with Gasteiger partial charge in [0.25, 0.3) is 22.1 Å². The van der Waals surface area contributed by atoms with Crippen LogP contribution >= 0.6 is 64.0 Å². The minimum Gasteiger partial charge on any atom is -0.156 e. The highest BCUT2D eigenvalue weighted by molar-refractivity contribution is 9.35. The molecule has 0 aromatic rings. The van der Waals surface area contributed by atoms with Crippen LogP contribution in [0.3, 0.4) is 0 Å². The normalized spacial score (nSPS) is 52.9. The first-order valence-electron chi connectivity index (χ1n) is 5.24. The van der Waals surface area contributed by atoms with Crippen LogP contribution in [0.2, 0.25) is 0 Å². The van der Waals surface area contributed by atoms with Gasteiger partial charge in [0.2, 0.25) is 0 Å². The molecule has 0 aromatic carbocycles. The van der Waals surface area contributed by atoms with E-state index in [2.05, 4.69) is 113 Å². The van der Waals surface area contributed by atoms with Crippen LogP contribution in [0.5, 0.6) is 0 Å². The predicted octanol–water partition coefficient (Wildman–Crippen LogP) is 5.08. The van der Waals surface area contributed by atoms with Crippen LogP contribution in [-0.2, 0) is 0 Å². The maximum Gasteiger partial charge on any atom is 0.251 e. The van der Waals surface area contributed by atoms with E-state index in [1.54, 1.807) is 0 Å². The van der Waals surface area contributed by atoms with E-state index < -0.39 is 22.1 Å². The van der Waals surface area contributed by atoms with Crippen LogP contribution in [-0.4, -0.2) is 22.1 Å². The first-order valence-corrected chi connectivity index (χ1v) is 27.1. The number of rotatable bonds is 4. The maximum atomic E-state index is 4.18. The zero-order valence-corrected chi connectivity index (χ0v) is 18.5. The van der Waals surface area contributed by atoms with Crippen LogP contribution in [0.1, 0.15) is 0 Å². The van der Waals surface area contributed by atoms with Crippen molar-refractivity contribution in [2.45, 2.75) is 0 Å². The fraction of sp³-hybridized carbons (Fsp3) is 0. The van der Waals surface area contributed by atoms with Crippen molar-refractivity contribution in [2.75, 3.05) is 0 Å². The molecule has 18 heavy (non-hydrogen) atoms. The fourth-order valence-electron chi connectivity index (χ4n) is 1.94. The Labute approximate surface area is 134 Å². The molecule has 0 atom stereocenters. The van der Waals surface area contributed by atoms with E-state index in [-0.39, 0.29) is 0 Å². The summed E-state index contributed by atoms with van der Waals surface area (Å²) >= 11 is 0. The molecule has 10 heteroatoms. The minimum atomic E-state index is -1.48. The SMILES string of the molecule is C=C[Si]12S[Si]3(C=C)S[Si](C=C)(S1)S[Si](C=C)(S2)S3. The molecule has 0 N–H and O–H groups in total. The molecule has 0 aliphatic carbocycles. The standard InChI is InChI=1S/C8H12S6Si4/c1-5-15-9-16(6-2)12-17(7-3,10-15)14-18(8-4,11-15)13-16/h5-8H,1-4H2. The summed E-state index contributed by atoms with van der Waals surface area (Å²) in [6.07, 6.45) is 0. The summed E-state index contributed by atoms with van der Waals surface area (Å²) in [7, 11) is 13.7. The van der Waals surface area contributed by atoms with Gasteiger partial charge in [0.1, 0.15) is 0 Å². The van der Waals surface area contributed by atoms with Gasteiger partial charge in [-0.25, -0.2) is 0 Å².